The monoisotopic (exact) mass is 568 g/mol. The molecule has 3 aromatic rings. The van der Waals surface area contributed by atoms with Crippen molar-refractivity contribution in [3.63, 3.8) is 0 Å². The molecule has 2 aromatic carbocycles. The first-order valence-corrected chi connectivity index (χ1v) is 12.9. The average Bonchev–Trinajstić information content (AvgIpc) is 3.35. The lowest BCUT2D eigenvalue weighted by molar-refractivity contribution is -0.145. The van der Waals surface area contributed by atoms with Crippen molar-refractivity contribution in [3.8, 4) is 5.75 Å². The quantitative estimate of drug-likeness (QED) is 0.279. The van der Waals surface area contributed by atoms with E-state index in [-0.39, 0.29) is 46.5 Å². The SMILES string of the molecule is CCOC(=O)COc1cc(Cl)cc(C(=O)Nc2ccc(Cl)cn2)c1CC(=O)c1ccc(C2=NCCN2C)cc1. The van der Waals surface area contributed by atoms with Crippen molar-refractivity contribution in [2.45, 2.75) is 13.3 Å². The number of anilines is 1. The van der Waals surface area contributed by atoms with Gasteiger partial charge in [-0.15, -0.1) is 0 Å². The number of amides is 1. The minimum absolute atomic E-state index is 0.102. The molecule has 0 atom stereocenters. The lowest BCUT2D eigenvalue weighted by atomic mass is 9.96. The Balaban J connectivity index is 1.63. The summed E-state index contributed by atoms with van der Waals surface area (Å²) in [5, 5.41) is 3.27. The van der Waals surface area contributed by atoms with Gasteiger partial charge >= 0.3 is 5.97 Å². The fraction of sp³-hybridized carbons (Fsp3) is 0.250. The maximum atomic E-state index is 13.4. The third-order valence-electron chi connectivity index (χ3n) is 5.90. The van der Waals surface area contributed by atoms with Crippen molar-refractivity contribution in [2.24, 2.45) is 4.99 Å². The molecule has 0 saturated heterocycles. The summed E-state index contributed by atoms with van der Waals surface area (Å²) in [4.78, 5) is 49.3. The van der Waals surface area contributed by atoms with Gasteiger partial charge in [0.1, 0.15) is 17.4 Å². The van der Waals surface area contributed by atoms with Gasteiger partial charge in [0, 0.05) is 53.5 Å². The van der Waals surface area contributed by atoms with E-state index in [1.807, 2.05) is 19.2 Å². The highest BCUT2D eigenvalue weighted by Crippen LogP contribution is 2.30. The number of carbonyl (C=O) groups is 3. The number of hydrogen-bond donors (Lipinski definition) is 1. The third-order valence-corrected chi connectivity index (χ3v) is 6.34. The molecule has 0 saturated carbocycles. The standard InChI is InChI=1S/C28H26Cl2N4O5/c1-3-38-26(36)16-39-24-13-20(30)12-22(28(37)33-25-9-8-19(29)15-32-25)21(24)14-23(35)17-4-6-18(7-5-17)27-31-10-11-34(27)2/h4-9,12-13,15H,3,10-11,14,16H2,1-2H3,(H,32,33,37). The molecular formula is C28H26Cl2N4O5. The molecule has 9 nitrogen and oxygen atoms in total. The number of halogens is 2. The van der Waals surface area contributed by atoms with Crippen LogP contribution in [0.5, 0.6) is 5.75 Å². The van der Waals surface area contributed by atoms with Crippen LogP contribution in [0.15, 0.2) is 59.7 Å². The molecule has 0 fully saturated rings. The molecule has 0 bridgehead atoms. The minimum Gasteiger partial charge on any atom is -0.482 e. The summed E-state index contributed by atoms with van der Waals surface area (Å²) in [6.07, 6.45) is 1.21. The van der Waals surface area contributed by atoms with Crippen LogP contribution in [0, 0.1) is 0 Å². The van der Waals surface area contributed by atoms with E-state index < -0.39 is 18.5 Å². The number of ketones is 1. The number of aromatic nitrogens is 1. The number of nitrogens with one attached hydrogen (secondary N) is 1. The van der Waals surface area contributed by atoms with Gasteiger partial charge in [0.15, 0.2) is 12.4 Å². The fourth-order valence-electron chi connectivity index (χ4n) is 4.01. The Kier molecular flexibility index (Phi) is 9.16. The van der Waals surface area contributed by atoms with Crippen molar-refractivity contribution in [1.82, 2.24) is 9.88 Å². The van der Waals surface area contributed by atoms with Gasteiger partial charge in [0.25, 0.3) is 5.91 Å². The minimum atomic E-state index is -0.596. The number of pyridine rings is 1. The Morgan fingerprint density at radius 3 is 2.46 bits per heavy atom. The van der Waals surface area contributed by atoms with Crippen LogP contribution in [0.3, 0.4) is 0 Å². The van der Waals surface area contributed by atoms with E-state index in [0.29, 0.717) is 10.6 Å². The zero-order chi connectivity index (χ0) is 27.9. The summed E-state index contributed by atoms with van der Waals surface area (Å²) in [7, 11) is 1.97. The van der Waals surface area contributed by atoms with Crippen LogP contribution in [-0.2, 0) is 16.0 Å². The largest absolute Gasteiger partial charge is 0.482 e. The van der Waals surface area contributed by atoms with Gasteiger partial charge < -0.3 is 19.7 Å². The van der Waals surface area contributed by atoms with E-state index in [1.54, 1.807) is 31.2 Å². The summed E-state index contributed by atoms with van der Waals surface area (Å²) in [5.74, 6) is -0.167. The van der Waals surface area contributed by atoms with Gasteiger partial charge in [-0.1, -0.05) is 47.5 Å². The molecular weight excluding hydrogens is 543 g/mol. The molecule has 1 aliphatic rings. The second-order valence-corrected chi connectivity index (χ2v) is 9.52. The summed E-state index contributed by atoms with van der Waals surface area (Å²) in [6.45, 7) is 3.02. The van der Waals surface area contributed by atoms with E-state index in [9.17, 15) is 14.4 Å². The van der Waals surface area contributed by atoms with E-state index in [4.69, 9.17) is 32.7 Å². The predicted octanol–water partition coefficient (Wildman–Crippen LogP) is 4.70. The van der Waals surface area contributed by atoms with Crippen LogP contribution < -0.4 is 10.1 Å². The Morgan fingerprint density at radius 2 is 1.82 bits per heavy atom. The third kappa shape index (κ3) is 7.13. The molecule has 1 aromatic heterocycles. The second kappa shape index (κ2) is 12.7. The first kappa shape index (κ1) is 28.1. The molecule has 1 N–H and O–H groups in total. The number of Topliss-reactive ketones (excluding diaryl/α,β-unsaturated/α-hetero) is 1. The fourth-order valence-corrected chi connectivity index (χ4v) is 4.33. The van der Waals surface area contributed by atoms with E-state index >= 15 is 0 Å². The molecule has 0 spiro atoms. The molecule has 4 rings (SSSR count). The lowest BCUT2D eigenvalue weighted by Crippen LogP contribution is -2.23. The van der Waals surface area contributed by atoms with Crippen molar-refractivity contribution < 1.29 is 23.9 Å². The Bertz CT molecular complexity index is 1410. The zero-order valence-electron chi connectivity index (χ0n) is 21.4. The summed E-state index contributed by atoms with van der Waals surface area (Å²) in [5.41, 5.74) is 1.72. The van der Waals surface area contributed by atoms with Crippen molar-refractivity contribution in [1.29, 1.82) is 0 Å². The van der Waals surface area contributed by atoms with Gasteiger partial charge in [0.05, 0.1) is 18.2 Å². The number of likely N-dealkylation sites (N-methyl/N-ethyl adjacent to an activating group) is 1. The molecule has 0 radical (unpaired) electrons. The molecule has 39 heavy (non-hydrogen) atoms. The number of hydrogen-bond acceptors (Lipinski definition) is 8. The van der Waals surface area contributed by atoms with Crippen molar-refractivity contribution in [2.75, 3.05) is 38.7 Å². The van der Waals surface area contributed by atoms with Crippen LogP contribution >= 0.6 is 23.2 Å². The molecule has 202 valence electrons. The summed E-state index contributed by atoms with van der Waals surface area (Å²) < 4.78 is 10.6. The van der Waals surface area contributed by atoms with Gasteiger partial charge in [-0.3, -0.25) is 14.6 Å². The number of amidine groups is 1. The highest BCUT2D eigenvalue weighted by Gasteiger charge is 2.23. The summed E-state index contributed by atoms with van der Waals surface area (Å²) in [6, 6.07) is 13.1. The van der Waals surface area contributed by atoms with Gasteiger partial charge in [-0.05, 0) is 31.2 Å². The van der Waals surface area contributed by atoms with E-state index in [2.05, 4.69) is 20.2 Å². The molecule has 2 heterocycles. The lowest BCUT2D eigenvalue weighted by Gasteiger charge is -2.16. The highest BCUT2D eigenvalue weighted by atomic mass is 35.5. The first-order valence-electron chi connectivity index (χ1n) is 12.2. The van der Waals surface area contributed by atoms with Gasteiger partial charge in [-0.2, -0.15) is 0 Å². The topological polar surface area (TPSA) is 110 Å². The first-order chi connectivity index (χ1) is 18.7. The average molecular weight is 569 g/mol. The van der Waals surface area contributed by atoms with Crippen molar-refractivity contribution in [3.05, 3.63) is 87.0 Å². The number of ether oxygens (including phenoxy) is 2. The van der Waals surface area contributed by atoms with Crippen LogP contribution in [0.4, 0.5) is 5.82 Å². The van der Waals surface area contributed by atoms with Crippen LogP contribution in [0.2, 0.25) is 10.0 Å². The number of aliphatic imine (C=N–C) groups is 1. The highest BCUT2D eigenvalue weighted by molar-refractivity contribution is 6.31. The molecule has 1 aliphatic heterocycles. The van der Waals surface area contributed by atoms with E-state index in [1.165, 1.54) is 18.3 Å². The van der Waals surface area contributed by atoms with Gasteiger partial charge in [-0.25, -0.2) is 9.78 Å². The normalized spacial score (nSPS) is 12.6. The predicted molar refractivity (Wildman–Crippen MR) is 149 cm³/mol. The maximum Gasteiger partial charge on any atom is 0.344 e. The van der Waals surface area contributed by atoms with E-state index in [0.717, 1.165) is 24.5 Å². The molecule has 0 aliphatic carbocycles. The molecule has 11 heteroatoms. The second-order valence-electron chi connectivity index (χ2n) is 8.64. The van der Waals surface area contributed by atoms with Crippen LogP contribution in [-0.4, -0.2) is 66.7 Å². The Morgan fingerprint density at radius 1 is 1.05 bits per heavy atom. The number of esters is 1. The molecule has 0 unspecified atom stereocenters. The number of rotatable bonds is 10. The zero-order valence-corrected chi connectivity index (χ0v) is 22.9. The van der Waals surface area contributed by atoms with Gasteiger partial charge in [0.2, 0.25) is 0 Å². The smallest absolute Gasteiger partial charge is 0.344 e. The molecule has 1 amide bonds. The van der Waals surface area contributed by atoms with Crippen molar-refractivity contribution >= 4 is 52.5 Å². The van der Waals surface area contributed by atoms with Crippen LogP contribution in [0.1, 0.15) is 38.8 Å². The number of carbonyl (C=O) groups excluding carboxylic acids is 3. The Labute approximate surface area is 235 Å². The summed E-state index contributed by atoms with van der Waals surface area (Å²) >= 11 is 12.2. The number of nitrogens with zero attached hydrogens (tertiary/aromatic N) is 3. The van der Waals surface area contributed by atoms with Crippen LogP contribution in [0.25, 0.3) is 0 Å². The number of benzene rings is 2. The Hall–Kier alpha value is -3.95. The maximum absolute atomic E-state index is 13.4.